The summed E-state index contributed by atoms with van der Waals surface area (Å²) >= 11 is 1.51. The van der Waals surface area contributed by atoms with Gasteiger partial charge in [-0.05, 0) is 24.6 Å². The average Bonchev–Trinajstić information content (AvgIpc) is 2.80. The number of nitrogens with zero attached hydrogens (tertiary/aromatic N) is 1. The van der Waals surface area contributed by atoms with E-state index in [1.165, 1.54) is 16.9 Å². The van der Waals surface area contributed by atoms with Crippen LogP contribution in [0.1, 0.15) is 28.0 Å². The first kappa shape index (κ1) is 11.8. The van der Waals surface area contributed by atoms with Crippen LogP contribution in [0.3, 0.4) is 0 Å². The van der Waals surface area contributed by atoms with Crippen LogP contribution in [0, 0.1) is 0 Å². The van der Waals surface area contributed by atoms with Crippen molar-refractivity contribution in [1.29, 1.82) is 0 Å². The van der Waals surface area contributed by atoms with Gasteiger partial charge in [0.25, 0.3) is 0 Å². The minimum Gasteiger partial charge on any atom is -0.494 e. The minimum atomic E-state index is 0.510. The second kappa shape index (κ2) is 5.59. The van der Waals surface area contributed by atoms with Crippen molar-refractivity contribution in [1.82, 2.24) is 4.98 Å². The lowest BCUT2D eigenvalue weighted by molar-refractivity contribution is 0.111. The van der Waals surface area contributed by atoms with Crippen molar-refractivity contribution in [3.8, 4) is 5.75 Å². The molecule has 2 rings (SSSR count). The van der Waals surface area contributed by atoms with E-state index in [-0.39, 0.29) is 0 Å². The van der Waals surface area contributed by atoms with Gasteiger partial charge in [0.15, 0.2) is 6.29 Å². The van der Waals surface area contributed by atoms with E-state index in [1.807, 2.05) is 31.2 Å². The first-order valence-corrected chi connectivity index (χ1v) is 6.31. The van der Waals surface area contributed by atoms with Gasteiger partial charge in [-0.15, -0.1) is 11.3 Å². The van der Waals surface area contributed by atoms with Crippen LogP contribution in [0.4, 0.5) is 0 Å². The lowest BCUT2D eigenvalue weighted by Gasteiger charge is -2.03. The molecular formula is C13H13NO2S. The molecule has 0 unspecified atom stereocenters. The number of carbonyl (C=O) groups is 1. The topological polar surface area (TPSA) is 39.2 Å². The van der Waals surface area contributed by atoms with Crippen molar-refractivity contribution in [2.75, 3.05) is 6.61 Å². The molecule has 2 aromatic rings. The van der Waals surface area contributed by atoms with Crippen molar-refractivity contribution in [2.24, 2.45) is 0 Å². The third kappa shape index (κ3) is 3.14. The highest BCUT2D eigenvalue weighted by Gasteiger charge is 2.02. The highest BCUT2D eigenvalue weighted by Crippen LogP contribution is 2.17. The molecule has 0 fully saturated rings. The molecule has 17 heavy (non-hydrogen) atoms. The molecule has 0 bridgehead atoms. The van der Waals surface area contributed by atoms with Crippen molar-refractivity contribution < 1.29 is 9.53 Å². The molecule has 0 radical (unpaired) electrons. The number of ether oxygens (including phenoxy) is 1. The third-order valence-electron chi connectivity index (χ3n) is 2.28. The van der Waals surface area contributed by atoms with Gasteiger partial charge in [-0.25, -0.2) is 4.98 Å². The lowest BCUT2D eigenvalue weighted by atomic mass is 10.1. The van der Waals surface area contributed by atoms with Crippen molar-refractivity contribution in [3.05, 3.63) is 45.9 Å². The van der Waals surface area contributed by atoms with Gasteiger partial charge in [-0.2, -0.15) is 0 Å². The zero-order chi connectivity index (χ0) is 12.1. The van der Waals surface area contributed by atoms with Crippen LogP contribution in [0.5, 0.6) is 5.75 Å². The molecule has 0 aliphatic rings. The summed E-state index contributed by atoms with van der Waals surface area (Å²) in [7, 11) is 0. The van der Waals surface area contributed by atoms with Crippen LogP contribution in [0.25, 0.3) is 0 Å². The number of hydrogen-bond acceptors (Lipinski definition) is 4. The average molecular weight is 247 g/mol. The van der Waals surface area contributed by atoms with Crippen LogP contribution in [-0.4, -0.2) is 17.9 Å². The number of carbonyl (C=O) groups excluding carboxylic acids is 1. The van der Waals surface area contributed by atoms with Crippen LogP contribution < -0.4 is 4.74 Å². The summed E-state index contributed by atoms with van der Waals surface area (Å²) in [5, 5.41) is 2.73. The Hall–Kier alpha value is -1.68. The molecule has 0 saturated heterocycles. The molecule has 0 aliphatic carbocycles. The fourth-order valence-electron chi connectivity index (χ4n) is 1.51. The molecule has 0 amide bonds. The highest BCUT2D eigenvalue weighted by atomic mass is 32.1. The Morgan fingerprint density at radius 1 is 1.35 bits per heavy atom. The normalized spacial score (nSPS) is 10.2. The Morgan fingerprint density at radius 3 is 2.71 bits per heavy atom. The molecule has 4 heteroatoms. The molecule has 0 aliphatic heterocycles. The van der Waals surface area contributed by atoms with Crippen LogP contribution in [0.15, 0.2) is 29.6 Å². The summed E-state index contributed by atoms with van der Waals surface area (Å²) in [5.74, 6) is 0.879. The Bertz CT molecular complexity index is 490. The number of thiazole rings is 1. The molecule has 1 heterocycles. The van der Waals surface area contributed by atoms with E-state index in [1.54, 1.807) is 5.38 Å². The van der Waals surface area contributed by atoms with E-state index in [0.29, 0.717) is 12.3 Å². The number of benzene rings is 1. The monoisotopic (exact) mass is 247 g/mol. The summed E-state index contributed by atoms with van der Waals surface area (Å²) in [6.45, 7) is 2.64. The lowest BCUT2D eigenvalue weighted by Crippen LogP contribution is -1.92. The van der Waals surface area contributed by atoms with Gasteiger partial charge < -0.3 is 4.74 Å². The van der Waals surface area contributed by atoms with Crippen molar-refractivity contribution in [2.45, 2.75) is 13.3 Å². The second-order valence-corrected chi connectivity index (χ2v) is 4.48. The number of rotatable bonds is 5. The second-order valence-electron chi connectivity index (χ2n) is 3.54. The van der Waals surface area contributed by atoms with E-state index in [2.05, 4.69) is 4.98 Å². The first-order chi connectivity index (χ1) is 8.31. The molecule has 0 saturated carbocycles. The largest absolute Gasteiger partial charge is 0.494 e. The number of aldehydes is 1. The maximum atomic E-state index is 10.5. The molecule has 1 aromatic carbocycles. The van der Waals surface area contributed by atoms with Crippen molar-refractivity contribution >= 4 is 17.6 Å². The standard InChI is InChI=1S/C13H13NO2S/c1-2-16-12-5-3-10(4-6-12)7-13-14-11(8-15)9-17-13/h3-6,8-9H,2,7H2,1H3. The fourth-order valence-corrected chi connectivity index (χ4v) is 2.28. The predicted octanol–water partition coefficient (Wildman–Crippen LogP) is 2.95. The highest BCUT2D eigenvalue weighted by molar-refractivity contribution is 7.09. The SMILES string of the molecule is CCOc1ccc(Cc2nc(C=O)cs2)cc1. The molecule has 1 aromatic heterocycles. The van der Waals surface area contributed by atoms with Gasteiger partial charge in [0, 0.05) is 11.8 Å². The zero-order valence-electron chi connectivity index (χ0n) is 9.55. The number of hydrogen-bond donors (Lipinski definition) is 0. The van der Waals surface area contributed by atoms with Crippen LogP contribution in [0.2, 0.25) is 0 Å². The summed E-state index contributed by atoms with van der Waals surface area (Å²) < 4.78 is 5.37. The molecule has 0 atom stereocenters. The van der Waals surface area contributed by atoms with Gasteiger partial charge in [0.2, 0.25) is 0 Å². The summed E-state index contributed by atoms with van der Waals surface area (Å²) in [5.41, 5.74) is 1.68. The molecule has 88 valence electrons. The molecule has 0 N–H and O–H groups in total. The Balaban J connectivity index is 2.05. The molecule has 0 spiro atoms. The Labute approximate surface area is 104 Å². The molecule has 3 nitrogen and oxygen atoms in total. The smallest absolute Gasteiger partial charge is 0.169 e. The first-order valence-electron chi connectivity index (χ1n) is 5.43. The maximum Gasteiger partial charge on any atom is 0.169 e. The summed E-state index contributed by atoms with van der Waals surface area (Å²) in [4.78, 5) is 14.7. The van der Waals surface area contributed by atoms with E-state index >= 15 is 0 Å². The Morgan fingerprint density at radius 2 is 2.12 bits per heavy atom. The van der Waals surface area contributed by atoms with Crippen LogP contribution in [-0.2, 0) is 6.42 Å². The van der Waals surface area contributed by atoms with Gasteiger partial charge in [-0.3, -0.25) is 4.79 Å². The zero-order valence-corrected chi connectivity index (χ0v) is 10.4. The van der Waals surface area contributed by atoms with Gasteiger partial charge in [0.1, 0.15) is 11.4 Å². The summed E-state index contributed by atoms with van der Waals surface area (Å²) in [6, 6.07) is 7.94. The van der Waals surface area contributed by atoms with Gasteiger partial charge in [-0.1, -0.05) is 12.1 Å². The maximum absolute atomic E-state index is 10.5. The summed E-state index contributed by atoms with van der Waals surface area (Å²) in [6.07, 6.45) is 1.53. The van der Waals surface area contributed by atoms with Crippen LogP contribution >= 0.6 is 11.3 Å². The van der Waals surface area contributed by atoms with E-state index in [9.17, 15) is 4.79 Å². The number of aromatic nitrogens is 1. The fraction of sp³-hybridized carbons (Fsp3) is 0.231. The molecular weight excluding hydrogens is 234 g/mol. The van der Waals surface area contributed by atoms with E-state index in [4.69, 9.17) is 4.74 Å². The van der Waals surface area contributed by atoms with Crippen molar-refractivity contribution in [3.63, 3.8) is 0 Å². The quantitative estimate of drug-likeness (QED) is 0.762. The third-order valence-corrected chi connectivity index (χ3v) is 3.15. The van der Waals surface area contributed by atoms with Gasteiger partial charge >= 0.3 is 0 Å². The minimum absolute atomic E-state index is 0.510. The van der Waals surface area contributed by atoms with E-state index in [0.717, 1.165) is 23.5 Å². The predicted molar refractivity (Wildman–Crippen MR) is 67.9 cm³/mol. The van der Waals surface area contributed by atoms with E-state index < -0.39 is 0 Å². The Kier molecular flexibility index (Phi) is 3.88. The van der Waals surface area contributed by atoms with Gasteiger partial charge in [0.05, 0.1) is 11.6 Å².